The zero-order chi connectivity index (χ0) is 18.0. The molecule has 0 spiro atoms. The van der Waals surface area contributed by atoms with Crippen LogP contribution in [-0.4, -0.2) is 35.7 Å². The second-order valence-corrected chi connectivity index (χ2v) is 7.51. The highest BCUT2D eigenvalue weighted by Gasteiger charge is 2.36. The quantitative estimate of drug-likeness (QED) is 0.487. The highest BCUT2D eigenvalue weighted by atomic mass is 32.2. The molecule has 1 aliphatic rings. The number of rotatable bonds is 2. The van der Waals surface area contributed by atoms with E-state index in [4.69, 9.17) is 5.73 Å². The van der Waals surface area contributed by atoms with Crippen LogP contribution in [0.25, 0.3) is 10.8 Å². The number of nitrogen functional groups attached to an aromatic ring is 1. The molecule has 3 N–H and O–H groups in total. The normalized spacial score (nSPS) is 14.8. The van der Waals surface area contributed by atoms with Crippen molar-refractivity contribution in [2.24, 2.45) is 0 Å². The molecule has 2 aromatic carbocycles. The molecule has 1 aliphatic heterocycles. The van der Waals surface area contributed by atoms with Crippen LogP contribution in [0.2, 0.25) is 0 Å². The fourth-order valence-electron chi connectivity index (χ4n) is 3.07. The summed E-state index contributed by atoms with van der Waals surface area (Å²) in [4.78, 5) is 26.0. The van der Waals surface area contributed by atoms with E-state index in [-0.39, 0.29) is 16.6 Å². The summed E-state index contributed by atoms with van der Waals surface area (Å²) in [5.74, 6) is -1.06. The first-order valence-electron chi connectivity index (χ1n) is 7.26. The van der Waals surface area contributed by atoms with Crippen molar-refractivity contribution >= 4 is 38.4 Å². The number of benzene rings is 2. The molecule has 3 rings (SSSR count). The molecule has 0 aromatic heterocycles. The number of anilines is 1. The van der Waals surface area contributed by atoms with E-state index < -0.39 is 32.9 Å². The van der Waals surface area contributed by atoms with Gasteiger partial charge in [-0.2, -0.15) is 8.42 Å². The van der Waals surface area contributed by atoms with Crippen LogP contribution < -0.4 is 5.73 Å². The molecule has 0 atom stereocenters. The highest BCUT2D eigenvalue weighted by molar-refractivity contribution is 7.86. The second-order valence-electron chi connectivity index (χ2n) is 6.12. The number of nitrogens with zero attached hydrogens (tertiary/aromatic N) is 1. The third-order valence-electron chi connectivity index (χ3n) is 4.08. The topological polar surface area (TPSA) is 118 Å². The lowest BCUT2D eigenvalue weighted by molar-refractivity contribution is 0.0564. The van der Waals surface area contributed by atoms with Gasteiger partial charge in [0.05, 0.1) is 11.3 Å². The van der Waals surface area contributed by atoms with E-state index in [0.717, 1.165) is 11.0 Å². The summed E-state index contributed by atoms with van der Waals surface area (Å²) in [6, 6.07) is 3.87. The van der Waals surface area contributed by atoms with Crippen molar-refractivity contribution in [3.8, 4) is 0 Å². The Balaban J connectivity index is 2.54. The molecule has 2 amide bonds. The van der Waals surface area contributed by atoms with E-state index in [9.17, 15) is 22.6 Å². The predicted molar refractivity (Wildman–Crippen MR) is 88.5 cm³/mol. The van der Waals surface area contributed by atoms with Crippen LogP contribution in [0, 0.1) is 6.92 Å². The molecular formula is C16H16N2O5S. The predicted octanol–water partition coefficient (Wildman–Crippen LogP) is 1.98. The first-order chi connectivity index (χ1) is 11.0. The van der Waals surface area contributed by atoms with Crippen molar-refractivity contribution in [3.63, 3.8) is 0 Å². The molecule has 0 radical (unpaired) electrons. The highest BCUT2D eigenvalue weighted by Crippen LogP contribution is 2.38. The Bertz CT molecular complexity index is 1020. The van der Waals surface area contributed by atoms with Gasteiger partial charge in [-0.15, -0.1) is 0 Å². The monoisotopic (exact) mass is 348 g/mol. The van der Waals surface area contributed by atoms with Gasteiger partial charge in [-0.1, -0.05) is 0 Å². The van der Waals surface area contributed by atoms with Crippen LogP contribution in [0.1, 0.15) is 40.1 Å². The van der Waals surface area contributed by atoms with Crippen LogP contribution in [0.4, 0.5) is 5.69 Å². The third-order valence-corrected chi connectivity index (χ3v) is 4.97. The minimum atomic E-state index is -4.61. The Morgan fingerprint density at radius 1 is 1.08 bits per heavy atom. The molecule has 0 saturated carbocycles. The number of carbonyl (C=O) groups is 2. The Morgan fingerprint density at radius 3 is 2.12 bits per heavy atom. The lowest BCUT2D eigenvalue weighted by Gasteiger charge is -2.31. The first kappa shape index (κ1) is 16.4. The Morgan fingerprint density at radius 2 is 1.62 bits per heavy atom. The largest absolute Gasteiger partial charge is 0.397 e. The number of imide groups is 1. The van der Waals surface area contributed by atoms with E-state index >= 15 is 0 Å². The fourth-order valence-corrected chi connectivity index (χ4v) is 3.73. The Labute approximate surface area is 138 Å². The fraction of sp³-hybridized carbons (Fsp3) is 0.250. The minimum absolute atomic E-state index is 0.0372. The zero-order valence-corrected chi connectivity index (χ0v) is 14.1. The van der Waals surface area contributed by atoms with E-state index in [2.05, 4.69) is 0 Å². The molecule has 0 bridgehead atoms. The van der Waals surface area contributed by atoms with Crippen molar-refractivity contribution in [2.45, 2.75) is 31.7 Å². The first-order valence-corrected chi connectivity index (χ1v) is 8.70. The number of amides is 2. The molecule has 8 heteroatoms. The lowest BCUT2D eigenvalue weighted by Crippen LogP contribution is -2.44. The lowest BCUT2D eigenvalue weighted by atomic mass is 9.91. The number of hydrogen-bond acceptors (Lipinski definition) is 5. The summed E-state index contributed by atoms with van der Waals surface area (Å²) in [6.45, 7) is 5.11. The maximum Gasteiger partial charge on any atom is 0.296 e. The molecule has 24 heavy (non-hydrogen) atoms. The van der Waals surface area contributed by atoms with Gasteiger partial charge in [-0.25, -0.2) is 0 Å². The molecule has 7 nitrogen and oxygen atoms in total. The molecule has 126 valence electrons. The van der Waals surface area contributed by atoms with E-state index in [0.29, 0.717) is 16.5 Å². The molecule has 2 aromatic rings. The van der Waals surface area contributed by atoms with Gasteiger partial charge in [0.2, 0.25) is 0 Å². The molecule has 0 aliphatic carbocycles. The summed E-state index contributed by atoms with van der Waals surface area (Å²) in [6.07, 6.45) is 0. The van der Waals surface area contributed by atoms with Crippen LogP contribution in [-0.2, 0) is 10.1 Å². The van der Waals surface area contributed by atoms with Gasteiger partial charge in [-0.05, 0) is 44.5 Å². The minimum Gasteiger partial charge on any atom is -0.397 e. The van der Waals surface area contributed by atoms with Gasteiger partial charge < -0.3 is 5.73 Å². The van der Waals surface area contributed by atoms with Crippen LogP contribution in [0.15, 0.2) is 23.1 Å². The number of carbonyl (C=O) groups excluding carboxylic acids is 2. The molecule has 0 fully saturated rings. The summed E-state index contributed by atoms with van der Waals surface area (Å²) in [5, 5.41) is 0.581. The molecule has 1 heterocycles. The summed E-state index contributed by atoms with van der Waals surface area (Å²) in [7, 11) is -4.61. The smallest absolute Gasteiger partial charge is 0.296 e. The van der Waals surface area contributed by atoms with Crippen molar-refractivity contribution in [3.05, 3.63) is 34.9 Å². The van der Waals surface area contributed by atoms with Gasteiger partial charge in [0.1, 0.15) is 4.90 Å². The third kappa shape index (κ3) is 2.18. The van der Waals surface area contributed by atoms with Crippen molar-refractivity contribution < 1.29 is 22.6 Å². The molecular weight excluding hydrogens is 332 g/mol. The average molecular weight is 348 g/mol. The van der Waals surface area contributed by atoms with E-state index in [1.165, 1.54) is 0 Å². The molecule has 0 saturated heterocycles. The van der Waals surface area contributed by atoms with Crippen LogP contribution in [0.3, 0.4) is 0 Å². The summed E-state index contributed by atoms with van der Waals surface area (Å²) in [5.41, 5.74) is 6.74. The number of nitrogens with two attached hydrogens (primary N) is 1. The van der Waals surface area contributed by atoms with Gasteiger partial charge >= 0.3 is 0 Å². The zero-order valence-electron chi connectivity index (χ0n) is 13.3. The Kier molecular flexibility index (Phi) is 3.43. The van der Waals surface area contributed by atoms with Gasteiger partial charge in [0.15, 0.2) is 0 Å². The average Bonchev–Trinajstić information content (AvgIpc) is 2.44. The SMILES string of the molecule is Cc1cc2c3c(cc(S(=O)(=O)O)c(N)c3c1)C(=O)N(C(C)C)C2=O. The summed E-state index contributed by atoms with van der Waals surface area (Å²) < 4.78 is 32.7. The maximum atomic E-state index is 12.7. The van der Waals surface area contributed by atoms with E-state index in [1.807, 2.05) is 0 Å². The van der Waals surface area contributed by atoms with Crippen molar-refractivity contribution in [2.75, 3.05) is 5.73 Å². The summed E-state index contributed by atoms with van der Waals surface area (Å²) >= 11 is 0. The standard InChI is InChI=1S/C16H16N2O5S/c1-7(2)18-15(19)10-5-8(3)4-9-13(10)11(16(18)20)6-12(14(9)17)24(21,22)23/h4-7H,17H2,1-3H3,(H,21,22,23). The molecule has 0 unspecified atom stereocenters. The van der Waals surface area contributed by atoms with Crippen molar-refractivity contribution in [1.82, 2.24) is 4.90 Å². The maximum absolute atomic E-state index is 12.7. The van der Waals surface area contributed by atoms with Crippen molar-refractivity contribution in [1.29, 1.82) is 0 Å². The van der Waals surface area contributed by atoms with Crippen LogP contribution >= 0.6 is 0 Å². The number of hydrogen-bond donors (Lipinski definition) is 2. The van der Waals surface area contributed by atoms with Crippen LogP contribution in [0.5, 0.6) is 0 Å². The van der Waals surface area contributed by atoms with Gasteiger partial charge in [0, 0.05) is 22.4 Å². The van der Waals surface area contributed by atoms with Gasteiger partial charge in [0.25, 0.3) is 21.9 Å². The second kappa shape index (κ2) is 5.02. The Hall–Kier alpha value is -2.45. The van der Waals surface area contributed by atoms with Gasteiger partial charge in [-0.3, -0.25) is 19.0 Å². The number of aryl methyl sites for hydroxylation is 1. The van der Waals surface area contributed by atoms with E-state index in [1.54, 1.807) is 32.9 Å².